The highest BCUT2D eigenvalue weighted by molar-refractivity contribution is 9.10. The van der Waals surface area contributed by atoms with Gasteiger partial charge in [0.2, 0.25) is 0 Å². The first kappa shape index (κ1) is 55.9. The molecule has 8 rings (SSSR count). The van der Waals surface area contributed by atoms with Gasteiger partial charge in [-0.2, -0.15) is 0 Å². The fourth-order valence-electron chi connectivity index (χ4n) is 6.00. The summed E-state index contributed by atoms with van der Waals surface area (Å²) in [5.74, 6) is -3.90. The van der Waals surface area contributed by atoms with Crippen LogP contribution in [0.15, 0.2) is 180 Å². The number of para-hydroxylation sites is 1. The van der Waals surface area contributed by atoms with Crippen LogP contribution in [0.2, 0.25) is 15.1 Å². The van der Waals surface area contributed by atoms with Crippen LogP contribution in [0.1, 0.15) is 47.8 Å². The summed E-state index contributed by atoms with van der Waals surface area (Å²) >= 11 is 20.1. The van der Waals surface area contributed by atoms with E-state index in [4.69, 9.17) is 60.8 Å². The second-order valence-corrected chi connectivity index (χ2v) is 17.1. The van der Waals surface area contributed by atoms with Gasteiger partial charge in [-0.15, -0.1) is 0 Å². The summed E-state index contributed by atoms with van der Waals surface area (Å²) in [6.07, 6.45) is 0.270. The fraction of sp³-hybridized carbons (Fsp3) is 0.0556. The molecule has 0 aliphatic carbocycles. The van der Waals surface area contributed by atoms with Gasteiger partial charge in [-0.1, -0.05) is 132 Å². The number of Topliss-reactive ketones (excluding diaryl/α,β-unsaturated/α-hetero) is 1. The lowest BCUT2D eigenvalue weighted by Crippen LogP contribution is -2.29. The van der Waals surface area contributed by atoms with Crippen molar-refractivity contribution in [2.45, 2.75) is 20.3 Å². The average Bonchev–Trinajstić information content (AvgIpc) is 3.33. The number of carboxylic acids is 2. The lowest BCUT2D eigenvalue weighted by molar-refractivity contribution is 0.0685. The zero-order valence-electron chi connectivity index (χ0n) is 37.3. The van der Waals surface area contributed by atoms with Crippen molar-refractivity contribution >= 4 is 86.7 Å². The summed E-state index contributed by atoms with van der Waals surface area (Å²) in [5.41, 5.74) is 12.5. The molecule has 0 spiro atoms. The standard InChI is InChI=1S/C21H16ClFO.C13H8ClFO2.C7H4BrFO2.C7H9N.C6H6BClO2/c1-14-4-2-3-5-16(14)13-21(24)17-8-11-19(20(23)12-17)15-6-9-18(22)10-7-15;14-10-4-1-8(2-5-10)11-6-3-9(13(16)17)7-12(11)15;8-5-2-1-4(7(10)11)3-6(5)9;1-6-4-2-3-5-7(6)8;8-6-3-1-5(2-4-6)7(9)10/h2-12H,13H2,1H3;1-7H,(H,16,17);1-3H,(H,10,11);2-5H,8H2,1H3;1-4,9-10H. The molecule has 0 aliphatic heterocycles. The van der Waals surface area contributed by atoms with Crippen molar-refractivity contribution in [1.29, 1.82) is 0 Å². The highest BCUT2D eigenvalue weighted by Gasteiger charge is 2.14. The van der Waals surface area contributed by atoms with E-state index in [2.05, 4.69) is 15.9 Å². The van der Waals surface area contributed by atoms with E-state index in [-0.39, 0.29) is 27.8 Å². The first-order valence-corrected chi connectivity index (χ1v) is 22.7. The Hall–Kier alpha value is -6.71. The van der Waals surface area contributed by atoms with E-state index >= 15 is 0 Å². The van der Waals surface area contributed by atoms with Gasteiger partial charge in [0.05, 0.1) is 15.6 Å². The van der Waals surface area contributed by atoms with E-state index in [1.807, 2.05) is 62.4 Å². The lowest BCUT2D eigenvalue weighted by atomic mass is 9.81. The van der Waals surface area contributed by atoms with Crippen LogP contribution in [-0.2, 0) is 6.42 Å². The number of aryl methyl sites for hydroxylation is 2. The second-order valence-electron chi connectivity index (χ2n) is 15.0. The number of anilines is 1. The fourth-order valence-corrected chi connectivity index (χ4v) is 6.62. The Morgan fingerprint density at radius 3 is 1.33 bits per heavy atom. The lowest BCUT2D eigenvalue weighted by Gasteiger charge is -2.08. The van der Waals surface area contributed by atoms with Gasteiger partial charge in [0, 0.05) is 43.9 Å². The van der Waals surface area contributed by atoms with Gasteiger partial charge in [0.25, 0.3) is 0 Å². The summed E-state index contributed by atoms with van der Waals surface area (Å²) in [4.78, 5) is 33.4. The van der Waals surface area contributed by atoms with Crippen molar-refractivity contribution in [3.63, 3.8) is 0 Å². The van der Waals surface area contributed by atoms with Crippen molar-refractivity contribution in [3.8, 4) is 22.3 Å². The molecule has 8 aromatic rings. The number of rotatable bonds is 8. The molecule has 0 aliphatic rings. The molecule has 8 nitrogen and oxygen atoms in total. The molecule has 358 valence electrons. The second kappa shape index (κ2) is 27.5. The smallest absolute Gasteiger partial charge is 0.478 e. The minimum Gasteiger partial charge on any atom is -0.478 e. The van der Waals surface area contributed by atoms with Crippen LogP contribution in [0.5, 0.6) is 0 Å². The maximum atomic E-state index is 14.4. The Kier molecular flexibility index (Phi) is 21.9. The van der Waals surface area contributed by atoms with Crippen LogP contribution in [0, 0.1) is 31.3 Å². The van der Waals surface area contributed by atoms with Crippen LogP contribution in [0.3, 0.4) is 0 Å². The van der Waals surface area contributed by atoms with Crippen molar-refractivity contribution in [2.75, 3.05) is 5.73 Å². The number of carbonyl (C=O) groups is 3. The first-order chi connectivity index (χ1) is 33.2. The number of halogens is 7. The number of nitrogen functional groups attached to an aromatic ring is 1. The van der Waals surface area contributed by atoms with Gasteiger partial charge in [0.1, 0.15) is 17.5 Å². The molecule has 0 atom stereocenters. The summed E-state index contributed by atoms with van der Waals surface area (Å²) in [7, 11) is -1.41. The molecule has 0 radical (unpaired) electrons. The zero-order chi connectivity index (χ0) is 51.5. The van der Waals surface area contributed by atoms with Gasteiger partial charge in [0.15, 0.2) is 5.78 Å². The Morgan fingerprint density at radius 2 is 0.929 bits per heavy atom. The summed E-state index contributed by atoms with van der Waals surface area (Å²) in [5, 5.41) is 36.1. The molecule has 0 fully saturated rings. The van der Waals surface area contributed by atoms with E-state index in [0.717, 1.165) is 40.1 Å². The highest BCUT2D eigenvalue weighted by Crippen LogP contribution is 2.27. The van der Waals surface area contributed by atoms with Crippen molar-refractivity contribution in [3.05, 3.63) is 246 Å². The number of ketones is 1. The van der Waals surface area contributed by atoms with Gasteiger partial charge in [-0.05, 0) is 142 Å². The predicted octanol–water partition coefficient (Wildman–Crippen LogP) is 13.6. The highest BCUT2D eigenvalue weighted by atomic mass is 79.9. The molecule has 8 aromatic carbocycles. The molecule has 70 heavy (non-hydrogen) atoms. The van der Waals surface area contributed by atoms with Crippen LogP contribution in [0.4, 0.5) is 18.9 Å². The van der Waals surface area contributed by atoms with E-state index in [1.165, 1.54) is 30.3 Å². The van der Waals surface area contributed by atoms with Crippen LogP contribution in [0.25, 0.3) is 22.3 Å². The van der Waals surface area contributed by atoms with Gasteiger partial charge >= 0.3 is 19.1 Å². The number of hydrogen-bond donors (Lipinski definition) is 5. The molecule has 16 heteroatoms. The van der Waals surface area contributed by atoms with Gasteiger partial charge in [-0.3, -0.25) is 4.79 Å². The Morgan fingerprint density at radius 1 is 0.529 bits per heavy atom. The molecular formula is C54H43BBrCl3F3NO7. The van der Waals surface area contributed by atoms with Crippen molar-refractivity contribution in [2.24, 2.45) is 0 Å². The first-order valence-electron chi connectivity index (χ1n) is 20.8. The van der Waals surface area contributed by atoms with E-state index < -0.39 is 36.5 Å². The SMILES string of the molecule is Cc1ccccc1CC(=O)c1ccc(-c2ccc(Cl)cc2)c(F)c1.Cc1ccccc1N.O=C(O)c1ccc(-c2ccc(Cl)cc2)c(F)c1.O=C(O)c1ccc(Br)c(F)c1.OB(O)c1ccc(Cl)cc1. The van der Waals surface area contributed by atoms with Gasteiger partial charge < -0.3 is 26.0 Å². The maximum Gasteiger partial charge on any atom is 0.488 e. The third kappa shape index (κ3) is 17.7. The van der Waals surface area contributed by atoms with E-state index in [1.54, 1.807) is 84.9 Å². The Balaban J connectivity index is 0.000000202. The summed E-state index contributed by atoms with van der Waals surface area (Å²) < 4.78 is 41.0. The minimum absolute atomic E-state index is 0.0503. The number of hydrogen-bond acceptors (Lipinski definition) is 6. The number of carboxylic acid groups (broad SMARTS) is 2. The quantitative estimate of drug-likeness (QED) is 0.0572. The van der Waals surface area contributed by atoms with Crippen LogP contribution in [-0.4, -0.2) is 45.1 Å². The molecule has 0 unspecified atom stereocenters. The number of aromatic carboxylic acids is 2. The predicted molar refractivity (Wildman–Crippen MR) is 278 cm³/mol. The topological polar surface area (TPSA) is 158 Å². The monoisotopic (exact) mass is 1070 g/mol. The van der Waals surface area contributed by atoms with E-state index in [0.29, 0.717) is 42.8 Å². The zero-order valence-corrected chi connectivity index (χ0v) is 41.1. The van der Waals surface area contributed by atoms with E-state index in [9.17, 15) is 27.6 Å². The Labute approximate surface area is 426 Å². The van der Waals surface area contributed by atoms with Crippen LogP contribution < -0.4 is 11.2 Å². The number of nitrogens with two attached hydrogens (primary N) is 1. The summed E-state index contributed by atoms with van der Waals surface area (Å²) in [6.45, 7) is 3.96. The molecule has 0 saturated carbocycles. The molecular weight excluding hydrogens is 1030 g/mol. The molecule has 0 bridgehead atoms. The molecule has 6 N–H and O–H groups in total. The third-order valence-corrected chi connectivity index (χ3v) is 11.4. The maximum absolute atomic E-state index is 14.4. The average molecular weight is 1070 g/mol. The van der Waals surface area contributed by atoms with Gasteiger partial charge in [-0.25, -0.2) is 22.8 Å². The Bertz CT molecular complexity index is 3020. The van der Waals surface area contributed by atoms with Crippen LogP contribution >= 0.6 is 50.7 Å². The third-order valence-electron chi connectivity index (χ3n) is 9.95. The number of carbonyl (C=O) groups excluding carboxylic acids is 1. The number of benzene rings is 8. The molecule has 0 saturated heterocycles. The molecule has 0 amide bonds. The summed E-state index contributed by atoms with van der Waals surface area (Å²) in [6, 6.07) is 47.6. The molecule has 0 aromatic heterocycles. The minimum atomic E-state index is -1.41. The molecule has 0 heterocycles. The van der Waals surface area contributed by atoms with Crippen molar-refractivity contribution in [1.82, 2.24) is 0 Å². The van der Waals surface area contributed by atoms with Crippen molar-refractivity contribution < 1.29 is 47.8 Å². The largest absolute Gasteiger partial charge is 0.488 e. The normalized spacial score (nSPS) is 10.0.